The van der Waals surface area contributed by atoms with Crippen molar-refractivity contribution in [1.29, 1.82) is 0 Å². The zero-order chi connectivity index (χ0) is 17.6. The molecule has 0 saturated carbocycles. The molecule has 3 aromatic rings. The van der Waals surface area contributed by atoms with Crippen LogP contribution in [0.4, 0.5) is 17.5 Å². The first-order chi connectivity index (χ1) is 12.1. The van der Waals surface area contributed by atoms with Crippen molar-refractivity contribution in [2.45, 2.75) is 19.9 Å². The Morgan fingerprint density at radius 3 is 2.36 bits per heavy atom. The molecule has 5 heteroatoms. The van der Waals surface area contributed by atoms with E-state index < -0.39 is 0 Å². The summed E-state index contributed by atoms with van der Waals surface area (Å²) in [4.78, 5) is 9.03. The number of anilines is 3. The number of ether oxygens (including phenoxy) is 1. The Morgan fingerprint density at radius 2 is 1.68 bits per heavy atom. The van der Waals surface area contributed by atoms with Gasteiger partial charge in [0.2, 0.25) is 5.95 Å². The summed E-state index contributed by atoms with van der Waals surface area (Å²) in [6.07, 6.45) is 0. The highest BCUT2D eigenvalue weighted by Gasteiger charge is 2.08. The molecule has 1 aromatic heterocycles. The molecule has 0 fully saturated rings. The quantitative estimate of drug-likeness (QED) is 0.683. The minimum atomic E-state index is 0.157. The second kappa shape index (κ2) is 7.66. The molecule has 1 atom stereocenters. The summed E-state index contributed by atoms with van der Waals surface area (Å²) in [6.45, 7) is 4.07. The van der Waals surface area contributed by atoms with Gasteiger partial charge < -0.3 is 15.4 Å². The lowest BCUT2D eigenvalue weighted by Gasteiger charge is -2.16. The topological polar surface area (TPSA) is 59.1 Å². The van der Waals surface area contributed by atoms with Crippen LogP contribution in [-0.2, 0) is 0 Å². The third-order valence-corrected chi connectivity index (χ3v) is 3.86. The lowest BCUT2D eigenvalue weighted by atomic mass is 10.1. The van der Waals surface area contributed by atoms with Gasteiger partial charge in [-0.1, -0.05) is 30.3 Å². The van der Waals surface area contributed by atoms with E-state index in [0.717, 1.165) is 22.9 Å². The summed E-state index contributed by atoms with van der Waals surface area (Å²) in [7, 11) is 1.65. The summed E-state index contributed by atoms with van der Waals surface area (Å²) in [5, 5.41) is 6.66. The molecule has 1 heterocycles. The number of hydrogen-bond donors (Lipinski definition) is 2. The van der Waals surface area contributed by atoms with Gasteiger partial charge in [-0.3, -0.25) is 0 Å². The van der Waals surface area contributed by atoms with Crippen LogP contribution in [0.2, 0.25) is 0 Å². The van der Waals surface area contributed by atoms with Crippen LogP contribution in [0.3, 0.4) is 0 Å². The van der Waals surface area contributed by atoms with Crippen LogP contribution in [0.1, 0.15) is 24.2 Å². The van der Waals surface area contributed by atoms with Crippen LogP contribution < -0.4 is 15.4 Å². The molecule has 0 radical (unpaired) electrons. The minimum absolute atomic E-state index is 0.157. The van der Waals surface area contributed by atoms with Crippen LogP contribution in [0.15, 0.2) is 60.7 Å². The lowest BCUT2D eigenvalue weighted by Crippen LogP contribution is -2.09. The van der Waals surface area contributed by atoms with Crippen LogP contribution in [-0.4, -0.2) is 17.1 Å². The average Bonchev–Trinajstić information content (AvgIpc) is 2.62. The number of benzene rings is 2. The molecule has 0 aliphatic heterocycles. The average molecular weight is 334 g/mol. The highest BCUT2D eigenvalue weighted by Crippen LogP contribution is 2.21. The Labute approximate surface area is 148 Å². The van der Waals surface area contributed by atoms with Crippen molar-refractivity contribution in [1.82, 2.24) is 9.97 Å². The van der Waals surface area contributed by atoms with Crippen LogP contribution in [0.25, 0.3) is 0 Å². The van der Waals surface area contributed by atoms with E-state index in [1.54, 1.807) is 7.11 Å². The Hall–Kier alpha value is -3.08. The fourth-order valence-corrected chi connectivity index (χ4v) is 2.55. The molecule has 0 aliphatic rings. The molecule has 0 bridgehead atoms. The molecular formula is C20H22N4O. The standard InChI is InChI=1S/C20H22N4O/c1-14-13-19(22-15(2)16-7-5-4-6-8-16)24-20(21-14)23-17-9-11-18(25-3)12-10-17/h4-13,15H,1-3H3,(H2,21,22,23,24). The van der Waals surface area contributed by atoms with E-state index in [2.05, 4.69) is 39.7 Å². The zero-order valence-electron chi connectivity index (χ0n) is 14.7. The van der Waals surface area contributed by atoms with Gasteiger partial charge in [0.05, 0.1) is 7.11 Å². The lowest BCUT2D eigenvalue weighted by molar-refractivity contribution is 0.415. The summed E-state index contributed by atoms with van der Waals surface area (Å²) in [5.41, 5.74) is 3.02. The number of nitrogens with one attached hydrogen (secondary N) is 2. The monoisotopic (exact) mass is 334 g/mol. The van der Waals surface area contributed by atoms with Gasteiger partial charge in [0, 0.05) is 23.5 Å². The summed E-state index contributed by atoms with van der Waals surface area (Å²) >= 11 is 0. The van der Waals surface area contributed by atoms with Crippen molar-refractivity contribution in [2.75, 3.05) is 17.7 Å². The third kappa shape index (κ3) is 4.47. The number of hydrogen-bond acceptors (Lipinski definition) is 5. The van der Waals surface area contributed by atoms with Gasteiger partial charge in [-0.15, -0.1) is 0 Å². The van der Waals surface area contributed by atoms with Gasteiger partial charge >= 0.3 is 0 Å². The molecule has 0 spiro atoms. The molecule has 5 nitrogen and oxygen atoms in total. The van der Waals surface area contributed by atoms with E-state index in [-0.39, 0.29) is 6.04 Å². The molecule has 2 N–H and O–H groups in total. The molecule has 2 aromatic carbocycles. The Balaban J connectivity index is 1.75. The summed E-state index contributed by atoms with van der Waals surface area (Å²) in [5.74, 6) is 2.17. The van der Waals surface area contributed by atoms with E-state index in [1.807, 2.05) is 55.5 Å². The maximum absolute atomic E-state index is 5.17. The van der Waals surface area contributed by atoms with Crippen molar-refractivity contribution in [3.8, 4) is 5.75 Å². The third-order valence-electron chi connectivity index (χ3n) is 3.86. The smallest absolute Gasteiger partial charge is 0.229 e. The fourth-order valence-electron chi connectivity index (χ4n) is 2.55. The van der Waals surface area contributed by atoms with E-state index in [9.17, 15) is 0 Å². The maximum Gasteiger partial charge on any atom is 0.229 e. The van der Waals surface area contributed by atoms with Gasteiger partial charge in [-0.05, 0) is 43.7 Å². The Morgan fingerprint density at radius 1 is 0.960 bits per heavy atom. The van der Waals surface area contributed by atoms with Crippen LogP contribution >= 0.6 is 0 Å². The van der Waals surface area contributed by atoms with E-state index in [1.165, 1.54) is 5.56 Å². The number of aryl methyl sites for hydroxylation is 1. The first-order valence-corrected chi connectivity index (χ1v) is 8.22. The maximum atomic E-state index is 5.17. The fraction of sp³-hybridized carbons (Fsp3) is 0.200. The minimum Gasteiger partial charge on any atom is -0.497 e. The number of methoxy groups -OCH3 is 1. The Bertz CT molecular complexity index is 819. The van der Waals surface area contributed by atoms with Crippen LogP contribution in [0, 0.1) is 6.92 Å². The Kier molecular flexibility index (Phi) is 5.14. The summed E-state index contributed by atoms with van der Waals surface area (Å²) in [6, 6.07) is 20.1. The first kappa shape index (κ1) is 16.8. The highest BCUT2D eigenvalue weighted by atomic mass is 16.5. The van der Waals surface area contributed by atoms with Gasteiger partial charge in [0.1, 0.15) is 11.6 Å². The van der Waals surface area contributed by atoms with E-state index in [0.29, 0.717) is 5.95 Å². The van der Waals surface area contributed by atoms with Crippen molar-refractivity contribution in [3.63, 3.8) is 0 Å². The van der Waals surface area contributed by atoms with Gasteiger partial charge in [0.15, 0.2) is 0 Å². The van der Waals surface area contributed by atoms with Gasteiger partial charge in [0.25, 0.3) is 0 Å². The largest absolute Gasteiger partial charge is 0.497 e. The number of nitrogens with zero attached hydrogens (tertiary/aromatic N) is 2. The van der Waals surface area contributed by atoms with Gasteiger partial charge in [-0.2, -0.15) is 4.98 Å². The first-order valence-electron chi connectivity index (χ1n) is 8.22. The predicted molar refractivity (Wildman–Crippen MR) is 102 cm³/mol. The molecule has 128 valence electrons. The number of aromatic nitrogens is 2. The van der Waals surface area contributed by atoms with Crippen molar-refractivity contribution in [3.05, 3.63) is 71.9 Å². The summed E-state index contributed by atoms with van der Waals surface area (Å²) < 4.78 is 5.17. The zero-order valence-corrected chi connectivity index (χ0v) is 14.7. The SMILES string of the molecule is COc1ccc(Nc2nc(C)cc(NC(C)c3ccccc3)n2)cc1. The van der Waals surface area contributed by atoms with Crippen molar-refractivity contribution in [2.24, 2.45) is 0 Å². The normalized spacial score (nSPS) is 11.6. The molecule has 0 saturated heterocycles. The van der Waals surface area contributed by atoms with Crippen molar-refractivity contribution < 1.29 is 4.74 Å². The molecule has 0 aliphatic carbocycles. The van der Waals surface area contributed by atoms with Gasteiger partial charge in [-0.25, -0.2) is 4.98 Å². The van der Waals surface area contributed by atoms with E-state index in [4.69, 9.17) is 4.74 Å². The second-order valence-electron chi connectivity index (χ2n) is 5.85. The number of rotatable bonds is 6. The molecule has 25 heavy (non-hydrogen) atoms. The molecule has 3 rings (SSSR count). The van der Waals surface area contributed by atoms with Crippen LogP contribution in [0.5, 0.6) is 5.75 Å². The predicted octanol–water partition coefficient (Wildman–Crippen LogP) is 4.71. The molecular weight excluding hydrogens is 312 g/mol. The highest BCUT2D eigenvalue weighted by molar-refractivity contribution is 5.56. The molecule has 1 unspecified atom stereocenters. The van der Waals surface area contributed by atoms with E-state index >= 15 is 0 Å². The molecule has 0 amide bonds. The van der Waals surface area contributed by atoms with Crippen molar-refractivity contribution >= 4 is 17.5 Å². The second-order valence-corrected chi connectivity index (χ2v) is 5.85.